The van der Waals surface area contributed by atoms with E-state index in [0.717, 1.165) is 0 Å². The predicted octanol–water partition coefficient (Wildman–Crippen LogP) is 0.384. The molecule has 0 aromatic heterocycles. The molecule has 4 heteroatoms. The average molecular weight is 183 g/mol. The standard InChI is InChI=1S/C9H13NO3/c1-4-13-6(3)7-5(2)8(11)10-9(7)12/h6H,4H2,1-3H3,(H,10,11,12). The van der Waals surface area contributed by atoms with Crippen LogP contribution in [-0.2, 0) is 14.3 Å². The number of rotatable bonds is 3. The van der Waals surface area contributed by atoms with Crippen LogP contribution in [0.15, 0.2) is 11.1 Å². The second-order valence-corrected chi connectivity index (χ2v) is 2.92. The summed E-state index contributed by atoms with van der Waals surface area (Å²) < 4.78 is 5.24. The molecular weight excluding hydrogens is 170 g/mol. The van der Waals surface area contributed by atoms with E-state index in [9.17, 15) is 9.59 Å². The number of carbonyl (C=O) groups is 2. The zero-order valence-corrected chi connectivity index (χ0v) is 8.01. The molecule has 0 spiro atoms. The molecule has 2 amide bonds. The van der Waals surface area contributed by atoms with Crippen molar-refractivity contribution >= 4 is 11.8 Å². The highest BCUT2D eigenvalue weighted by Crippen LogP contribution is 2.17. The SMILES string of the molecule is CCOC(C)C1=C(C)C(=O)NC1=O. The first-order valence-corrected chi connectivity index (χ1v) is 4.26. The van der Waals surface area contributed by atoms with Gasteiger partial charge in [-0.25, -0.2) is 0 Å². The van der Waals surface area contributed by atoms with Crippen LogP contribution < -0.4 is 5.32 Å². The summed E-state index contributed by atoms with van der Waals surface area (Å²) in [5.74, 6) is -0.644. The lowest BCUT2D eigenvalue weighted by molar-refractivity contribution is -0.124. The van der Waals surface area contributed by atoms with E-state index in [1.807, 2.05) is 6.92 Å². The van der Waals surface area contributed by atoms with Gasteiger partial charge in [0.2, 0.25) is 0 Å². The van der Waals surface area contributed by atoms with E-state index in [-0.39, 0.29) is 17.9 Å². The smallest absolute Gasteiger partial charge is 0.257 e. The largest absolute Gasteiger partial charge is 0.374 e. The molecule has 0 fully saturated rings. The first kappa shape index (κ1) is 9.92. The van der Waals surface area contributed by atoms with Crippen molar-refractivity contribution in [2.45, 2.75) is 26.9 Å². The molecule has 0 saturated heterocycles. The van der Waals surface area contributed by atoms with E-state index < -0.39 is 0 Å². The van der Waals surface area contributed by atoms with Crippen molar-refractivity contribution < 1.29 is 14.3 Å². The zero-order valence-electron chi connectivity index (χ0n) is 8.01. The number of imide groups is 1. The van der Waals surface area contributed by atoms with Crippen LogP contribution in [0.4, 0.5) is 0 Å². The summed E-state index contributed by atoms with van der Waals surface area (Å²) >= 11 is 0. The summed E-state index contributed by atoms with van der Waals surface area (Å²) in [5, 5.41) is 2.22. The van der Waals surface area contributed by atoms with Crippen molar-refractivity contribution in [1.82, 2.24) is 5.32 Å². The van der Waals surface area contributed by atoms with Gasteiger partial charge in [-0.3, -0.25) is 14.9 Å². The molecule has 0 aliphatic carbocycles. The van der Waals surface area contributed by atoms with Crippen LogP contribution in [0.25, 0.3) is 0 Å². The summed E-state index contributed by atoms with van der Waals surface area (Å²) in [6.45, 7) is 5.77. The van der Waals surface area contributed by atoms with Crippen LogP contribution in [0.3, 0.4) is 0 Å². The van der Waals surface area contributed by atoms with Crippen LogP contribution >= 0.6 is 0 Å². The Bertz CT molecular complexity index is 281. The lowest BCUT2D eigenvalue weighted by atomic mass is 10.1. The van der Waals surface area contributed by atoms with Gasteiger partial charge in [-0.1, -0.05) is 0 Å². The molecule has 0 radical (unpaired) electrons. The van der Waals surface area contributed by atoms with Gasteiger partial charge in [0.1, 0.15) is 0 Å². The lowest BCUT2D eigenvalue weighted by Crippen LogP contribution is -2.26. The highest BCUT2D eigenvalue weighted by molar-refractivity contribution is 6.19. The number of carbonyl (C=O) groups excluding carboxylic acids is 2. The number of ether oxygens (including phenoxy) is 1. The molecule has 0 aromatic carbocycles. The number of hydrogen-bond acceptors (Lipinski definition) is 3. The fourth-order valence-electron chi connectivity index (χ4n) is 1.38. The Labute approximate surface area is 76.9 Å². The van der Waals surface area contributed by atoms with Crippen molar-refractivity contribution in [2.75, 3.05) is 6.61 Å². The summed E-state index contributed by atoms with van der Waals surface area (Å²) in [6, 6.07) is 0. The summed E-state index contributed by atoms with van der Waals surface area (Å²) in [6.07, 6.45) is -0.309. The first-order chi connectivity index (χ1) is 6.07. The summed E-state index contributed by atoms with van der Waals surface area (Å²) in [4.78, 5) is 22.3. The molecule has 72 valence electrons. The highest BCUT2D eigenvalue weighted by Gasteiger charge is 2.30. The van der Waals surface area contributed by atoms with Crippen LogP contribution in [0.5, 0.6) is 0 Å². The van der Waals surface area contributed by atoms with Crippen molar-refractivity contribution in [3.05, 3.63) is 11.1 Å². The lowest BCUT2D eigenvalue weighted by Gasteiger charge is -2.11. The molecule has 1 atom stereocenters. The van der Waals surface area contributed by atoms with Crippen LogP contribution in [0, 0.1) is 0 Å². The molecule has 1 unspecified atom stereocenters. The molecule has 13 heavy (non-hydrogen) atoms. The maximum atomic E-state index is 11.2. The van der Waals surface area contributed by atoms with E-state index in [2.05, 4.69) is 5.32 Å². The average Bonchev–Trinajstić information content (AvgIpc) is 2.27. The molecule has 1 aliphatic rings. The number of nitrogens with one attached hydrogen (secondary N) is 1. The van der Waals surface area contributed by atoms with Gasteiger partial charge in [0.25, 0.3) is 11.8 Å². The molecule has 1 aliphatic heterocycles. The third-order valence-electron chi connectivity index (χ3n) is 2.04. The van der Waals surface area contributed by atoms with Crippen molar-refractivity contribution in [3.63, 3.8) is 0 Å². The van der Waals surface area contributed by atoms with Gasteiger partial charge in [-0.15, -0.1) is 0 Å². The quantitative estimate of drug-likeness (QED) is 0.644. The van der Waals surface area contributed by atoms with E-state index >= 15 is 0 Å². The molecule has 0 saturated carbocycles. The number of hydrogen-bond donors (Lipinski definition) is 1. The number of amides is 2. The third-order valence-corrected chi connectivity index (χ3v) is 2.04. The molecule has 0 aromatic rings. The Kier molecular flexibility index (Phi) is 2.83. The zero-order chi connectivity index (χ0) is 10.0. The second-order valence-electron chi connectivity index (χ2n) is 2.92. The molecule has 1 N–H and O–H groups in total. The Morgan fingerprint density at radius 3 is 2.38 bits per heavy atom. The van der Waals surface area contributed by atoms with E-state index in [1.54, 1.807) is 13.8 Å². The molecule has 0 bridgehead atoms. The normalized spacial score (nSPS) is 19.3. The van der Waals surface area contributed by atoms with Crippen LogP contribution in [-0.4, -0.2) is 24.5 Å². The molecular formula is C9H13NO3. The van der Waals surface area contributed by atoms with Gasteiger partial charge in [0, 0.05) is 12.2 Å². The Hall–Kier alpha value is -1.16. The van der Waals surface area contributed by atoms with Gasteiger partial charge < -0.3 is 4.74 Å². The van der Waals surface area contributed by atoms with E-state index in [4.69, 9.17) is 4.74 Å². The van der Waals surface area contributed by atoms with Gasteiger partial charge >= 0.3 is 0 Å². The minimum absolute atomic E-state index is 0.309. The van der Waals surface area contributed by atoms with Gasteiger partial charge in [-0.2, -0.15) is 0 Å². The maximum Gasteiger partial charge on any atom is 0.257 e. The first-order valence-electron chi connectivity index (χ1n) is 4.26. The van der Waals surface area contributed by atoms with Gasteiger partial charge in [0.15, 0.2) is 0 Å². The van der Waals surface area contributed by atoms with Crippen molar-refractivity contribution in [1.29, 1.82) is 0 Å². The minimum Gasteiger partial charge on any atom is -0.374 e. The van der Waals surface area contributed by atoms with Crippen molar-refractivity contribution in [3.8, 4) is 0 Å². The molecule has 1 rings (SSSR count). The monoisotopic (exact) mass is 183 g/mol. The van der Waals surface area contributed by atoms with Crippen LogP contribution in [0.1, 0.15) is 20.8 Å². The Balaban J connectivity index is 2.88. The predicted molar refractivity (Wildman–Crippen MR) is 46.9 cm³/mol. The topological polar surface area (TPSA) is 55.4 Å². The van der Waals surface area contributed by atoms with E-state index in [0.29, 0.717) is 17.8 Å². The molecule has 1 heterocycles. The maximum absolute atomic E-state index is 11.2. The molecule has 4 nitrogen and oxygen atoms in total. The van der Waals surface area contributed by atoms with Gasteiger partial charge in [-0.05, 0) is 20.8 Å². The minimum atomic E-state index is -0.330. The fraction of sp³-hybridized carbons (Fsp3) is 0.556. The fourth-order valence-corrected chi connectivity index (χ4v) is 1.38. The summed E-state index contributed by atoms with van der Waals surface area (Å²) in [5.41, 5.74) is 0.915. The highest BCUT2D eigenvalue weighted by atomic mass is 16.5. The van der Waals surface area contributed by atoms with Gasteiger partial charge in [0.05, 0.1) is 11.7 Å². The van der Waals surface area contributed by atoms with E-state index in [1.165, 1.54) is 0 Å². The second kappa shape index (κ2) is 3.70. The Morgan fingerprint density at radius 1 is 1.38 bits per heavy atom. The van der Waals surface area contributed by atoms with Crippen molar-refractivity contribution in [2.24, 2.45) is 0 Å². The third kappa shape index (κ3) is 1.78. The Morgan fingerprint density at radius 2 is 2.00 bits per heavy atom. The summed E-state index contributed by atoms with van der Waals surface area (Å²) in [7, 11) is 0. The van der Waals surface area contributed by atoms with Crippen LogP contribution in [0.2, 0.25) is 0 Å².